The van der Waals surface area contributed by atoms with E-state index >= 15 is 8.78 Å². The number of phenolic OH excluding ortho intramolecular Hbond substituents is 1. The van der Waals surface area contributed by atoms with Gasteiger partial charge in [0.1, 0.15) is 23.3 Å². The summed E-state index contributed by atoms with van der Waals surface area (Å²) in [6.45, 7) is 6.98. The summed E-state index contributed by atoms with van der Waals surface area (Å²) in [5.74, 6) is -3.03. The monoisotopic (exact) mass is 880 g/mol. The van der Waals surface area contributed by atoms with Crippen LogP contribution in [0, 0.1) is 19.8 Å². The third-order valence-electron chi connectivity index (χ3n) is 13.5. The number of para-hydroxylation sites is 1. The van der Waals surface area contributed by atoms with Crippen molar-refractivity contribution in [2.24, 2.45) is 23.1 Å². The van der Waals surface area contributed by atoms with Crippen molar-refractivity contribution >= 4 is 40.3 Å². The van der Waals surface area contributed by atoms with Crippen LogP contribution in [0.1, 0.15) is 76.7 Å². The maximum atomic E-state index is 16.1. The molecule has 4 fully saturated rings. The molecule has 64 heavy (non-hydrogen) atoms. The Hall–Kier alpha value is -6.20. The van der Waals surface area contributed by atoms with Crippen LogP contribution in [-0.4, -0.2) is 119 Å². The van der Waals surface area contributed by atoms with Crippen LogP contribution < -0.4 is 27.4 Å². The molecule has 3 atom stereocenters. The van der Waals surface area contributed by atoms with Gasteiger partial charge in [0, 0.05) is 93.7 Å². The second-order valence-electron chi connectivity index (χ2n) is 17.8. The third kappa shape index (κ3) is 9.09. The molecule has 4 aliphatic heterocycles. The lowest BCUT2D eigenvalue weighted by atomic mass is 9.85. The number of urea groups is 1. The zero-order valence-electron chi connectivity index (χ0n) is 36.6. The van der Waals surface area contributed by atoms with Crippen LogP contribution in [0.25, 0.3) is 16.7 Å². The van der Waals surface area contributed by atoms with Crippen molar-refractivity contribution in [3.05, 3.63) is 106 Å². The minimum atomic E-state index is -3.01. The number of carbonyl (C=O) groups excluding carboxylic acids is 3. The molecule has 3 unspecified atom stereocenters. The Kier molecular flexibility index (Phi) is 12.6. The Bertz CT molecular complexity index is 2490. The molecule has 4 amide bonds. The number of anilines is 1. The molecule has 0 aliphatic carbocycles. The number of likely N-dealkylation sites (tertiary alicyclic amines) is 3. The average molecular weight is 881 g/mol. The highest BCUT2D eigenvalue weighted by Gasteiger charge is 2.47. The molecule has 2 aromatic heterocycles. The number of imide groups is 1. The quantitative estimate of drug-likeness (QED) is 0.132. The van der Waals surface area contributed by atoms with Gasteiger partial charge in [-0.05, 0) is 98.5 Å². The number of nitrogens with two attached hydrogens (primary N) is 3. The summed E-state index contributed by atoms with van der Waals surface area (Å²) in [5, 5.41) is 13.4. The Morgan fingerprint density at radius 1 is 0.984 bits per heavy atom. The number of carbonyl (C=O) groups is 3. The molecule has 0 saturated carbocycles. The van der Waals surface area contributed by atoms with E-state index in [1.165, 1.54) is 11.1 Å². The van der Waals surface area contributed by atoms with E-state index in [2.05, 4.69) is 15.2 Å². The van der Waals surface area contributed by atoms with Crippen molar-refractivity contribution in [3.63, 3.8) is 0 Å². The first-order valence-corrected chi connectivity index (χ1v) is 22.0. The molecule has 17 heteroatoms. The number of allylic oxidation sites excluding steroid dienone is 1. The summed E-state index contributed by atoms with van der Waals surface area (Å²) in [7, 11) is 1.68. The van der Waals surface area contributed by atoms with Crippen molar-refractivity contribution in [3.8, 4) is 5.75 Å². The number of aromatic hydroxyl groups is 1. The van der Waals surface area contributed by atoms with Crippen molar-refractivity contribution in [2.75, 3.05) is 64.4 Å². The van der Waals surface area contributed by atoms with Gasteiger partial charge in [0.2, 0.25) is 5.91 Å². The summed E-state index contributed by atoms with van der Waals surface area (Å²) >= 11 is 0. The van der Waals surface area contributed by atoms with E-state index in [9.17, 15) is 19.5 Å². The summed E-state index contributed by atoms with van der Waals surface area (Å²) in [4.78, 5) is 49.7. The first kappa shape index (κ1) is 44.4. The molecule has 6 heterocycles. The lowest BCUT2D eigenvalue weighted by Gasteiger charge is -2.41. The number of halogens is 2. The molecule has 8 rings (SSSR count). The van der Waals surface area contributed by atoms with E-state index in [4.69, 9.17) is 21.9 Å². The standard InChI is InChI=1S/C47H58F2N10O5/c1-28-18-31(8-9-35(28)32-19-34(64-3)26-57(25-32)39(43(51)52)21-38(50)36-6-4-5-7-40(36)60)45(62)56-15-10-30(11-16-56)24-55-14-12-41(47(48,49)27-55)59-23-29(2)37-20-33(22-53-44(37)59)58-17-13-42(61)54-46(58)63/h4-9,18,20-23,30,32,34,41,60H,10-17,19,24-27,50-52H2,1-3H3,(H,54,61,63)/b38-21-. The first-order chi connectivity index (χ1) is 30.6. The fourth-order valence-electron chi connectivity index (χ4n) is 10.1. The van der Waals surface area contributed by atoms with E-state index in [1.807, 2.05) is 41.8 Å². The number of alkyl halides is 2. The predicted octanol–water partition coefficient (Wildman–Crippen LogP) is 5.13. The number of aromatic nitrogens is 2. The molecule has 0 radical (unpaired) electrons. The molecule has 4 aromatic rings. The van der Waals surface area contributed by atoms with Gasteiger partial charge < -0.3 is 41.4 Å². The number of hydrogen-bond acceptors (Lipinski definition) is 11. The molecule has 0 bridgehead atoms. The molecular weight excluding hydrogens is 823 g/mol. The number of nitrogens with zero attached hydrogens (tertiary/aromatic N) is 6. The van der Waals surface area contributed by atoms with Gasteiger partial charge in [-0.25, -0.2) is 18.6 Å². The van der Waals surface area contributed by atoms with Gasteiger partial charge in [-0.2, -0.15) is 0 Å². The molecule has 2 aromatic carbocycles. The first-order valence-electron chi connectivity index (χ1n) is 22.0. The predicted molar refractivity (Wildman–Crippen MR) is 240 cm³/mol. The number of benzene rings is 2. The summed E-state index contributed by atoms with van der Waals surface area (Å²) < 4.78 is 39.6. The van der Waals surface area contributed by atoms with Crippen molar-refractivity contribution in [1.82, 2.24) is 29.6 Å². The normalized spacial score (nSPS) is 22.5. The Morgan fingerprint density at radius 3 is 2.44 bits per heavy atom. The number of ether oxygens (including phenoxy) is 1. The fraction of sp³-hybridized carbons (Fsp3) is 0.447. The highest BCUT2D eigenvalue weighted by molar-refractivity contribution is 6.06. The van der Waals surface area contributed by atoms with E-state index in [-0.39, 0.29) is 67.3 Å². The largest absolute Gasteiger partial charge is 0.507 e. The van der Waals surface area contributed by atoms with Crippen LogP contribution in [0.2, 0.25) is 0 Å². The Balaban J connectivity index is 0.866. The number of fused-ring (bicyclic) bond motifs is 1. The molecule has 15 nitrogen and oxygen atoms in total. The zero-order valence-corrected chi connectivity index (χ0v) is 36.6. The molecule has 4 aliphatic rings. The van der Waals surface area contributed by atoms with E-state index in [0.717, 1.165) is 36.0 Å². The third-order valence-corrected chi connectivity index (χ3v) is 13.5. The molecule has 340 valence electrons. The number of nitrogens with one attached hydrogen (secondary N) is 1. The second-order valence-corrected chi connectivity index (χ2v) is 17.8. The molecule has 8 N–H and O–H groups in total. The topological polar surface area (TPSA) is 202 Å². The van der Waals surface area contributed by atoms with Gasteiger partial charge in [-0.1, -0.05) is 18.2 Å². The molecular formula is C47H58F2N10O5. The van der Waals surface area contributed by atoms with E-state index < -0.39 is 18.0 Å². The molecule has 4 saturated heterocycles. The van der Waals surface area contributed by atoms with Crippen molar-refractivity contribution in [1.29, 1.82) is 0 Å². The van der Waals surface area contributed by atoms with Gasteiger partial charge in [0.15, 0.2) is 0 Å². The van der Waals surface area contributed by atoms with Crippen LogP contribution in [0.4, 0.5) is 19.3 Å². The van der Waals surface area contributed by atoms with Gasteiger partial charge in [-0.15, -0.1) is 0 Å². The fourth-order valence-corrected chi connectivity index (χ4v) is 10.1. The zero-order chi connectivity index (χ0) is 45.4. The van der Waals surface area contributed by atoms with Crippen LogP contribution in [0.3, 0.4) is 0 Å². The Morgan fingerprint density at radius 2 is 1.75 bits per heavy atom. The highest BCUT2D eigenvalue weighted by Crippen LogP contribution is 2.41. The number of methoxy groups -OCH3 is 1. The van der Waals surface area contributed by atoms with Crippen LogP contribution >= 0.6 is 0 Å². The highest BCUT2D eigenvalue weighted by atomic mass is 19.3. The van der Waals surface area contributed by atoms with Gasteiger partial charge in [-0.3, -0.25) is 24.7 Å². The van der Waals surface area contributed by atoms with E-state index in [0.29, 0.717) is 78.5 Å². The SMILES string of the molecule is COC1CC(c2ccc(C(=O)N3CCC(CN4CCC(n5cc(C)c6cc(N7CCC(=O)NC7=O)cnc65)C(F)(F)C4)CC3)cc2C)CN(C(/C=C(\N)c2ccccc2O)=C(N)N)C1. The summed E-state index contributed by atoms with van der Waals surface area (Å²) in [5.41, 5.74) is 24.6. The van der Waals surface area contributed by atoms with Gasteiger partial charge in [0.25, 0.3) is 11.8 Å². The maximum Gasteiger partial charge on any atom is 0.328 e. The minimum absolute atomic E-state index is 0.0343. The molecule has 0 spiro atoms. The maximum absolute atomic E-state index is 16.1. The number of amides is 4. The van der Waals surface area contributed by atoms with Gasteiger partial charge >= 0.3 is 6.03 Å². The average Bonchev–Trinajstić information content (AvgIpc) is 3.59. The number of phenols is 1. The number of rotatable bonds is 10. The number of pyridine rings is 1. The minimum Gasteiger partial charge on any atom is -0.507 e. The summed E-state index contributed by atoms with van der Waals surface area (Å²) in [6.07, 6.45) is 7.41. The lowest BCUT2D eigenvalue weighted by Crippen LogP contribution is -2.51. The number of hydrogen-bond donors (Lipinski definition) is 5. The van der Waals surface area contributed by atoms with Gasteiger partial charge in [0.05, 0.1) is 30.2 Å². The summed E-state index contributed by atoms with van der Waals surface area (Å²) in [6, 6.07) is 12.8. The lowest BCUT2D eigenvalue weighted by molar-refractivity contribution is -0.120. The van der Waals surface area contributed by atoms with Crippen LogP contribution in [0.5, 0.6) is 5.75 Å². The van der Waals surface area contributed by atoms with E-state index in [1.54, 1.807) is 54.3 Å². The van der Waals surface area contributed by atoms with Crippen LogP contribution in [-0.2, 0) is 9.53 Å². The van der Waals surface area contributed by atoms with Crippen molar-refractivity contribution < 1.29 is 33.0 Å². The second kappa shape index (κ2) is 18.1. The Labute approximate surface area is 371 Å². The van der Waals surface area contributed by atoms with Crippen molar-refractivity contribution in [2.45, 2.75) is 69.9 Å². The van der Waals surface area contributed by atoms with Crippen LogP contribution in [0.15, 0.2) is 78.5 Å². The smallest absolute Gasteiger partial charge is 0.328 e. The number of aryl methyl sites for hydroxylation is 2. The number of piperidine rings is 3.